The smallest absolute Gasteiger partial charge is 0.310 e. The van der Waals surface area contributed by atoms with Gasteiger partial charge in [-0.25, -0.2) is 0 Å². The molecular formula is C22H24O5. The van der Waals surface area contributed by atoms with Gasteiger partial charge in [-0.15, -0.1) is 0 Å². The summed E-state index contributed by atoms with van der Waals surface area (Å²) >= 11 is 0. The lowest BCUT2D eigenvalue weighted by Gasteiger charge is -2.41. The summed E-state index contributed by atoms with van der Waals surface area (Å²) in [5, 5.41) is 0. The number of carbonyl (C=O) groups is 3. The second-order valence-electron chi connectivity index (χ2n) is 8.04. The monoisotopic (exact) mass is 368 g/mol. The second-order valence-corrected chi connectivity index (χ2v) is 8.04. The number of rotatable bonds is 6. The van der Waals surface area contributed by atoms with Crippen molar-refractivity contribution >= 4 is 17.7 Å². The van der Waals surface area contributed by atoms with Crippen molar-refractivity contribution in [3.63, 3.8) is 0 Å². The zero-order valence-corrected chi connectivity index (χ0v) is 15.5. The highest BCUT2D eigenvalue weighted by atomic mass is 16.5. The van der Waals surface area contributed by atoms with E-state index in [0.717, 1.165) is 6.42 Å². The Hall–Kier alpha value is -2.43. The number of allylic oxidation sites excluding steroid dienone is 2. The number of hydrogen-bond donors (Lipinski definition) is 0. The molecule has 0 radical (unpaired) electrons. The molecule has 5 heteroatoms. The molecule has 5 nitrogen and oxygen atoms in total. The molecular weight excluding hydrogens is 344 g/mol. The number of benzene rings is 1. The van der Waals surface area contributed by atoms with Crippen LogP contribution in [-0.2, 0) is 19.1 Å². The van der Waals surface area contributed by atoms with Crippen molar-refractivity contribution in [3.05, 3.63) is 48.0 Å². The van der Waals surface area contributed by atoms with Crippen molar-refractivity contribution in [2.24, 2.45) is 35.5 Å². The van der Waals surface area contributed by atoms with Crippen LogP contribution in [-0.4, -0.2) is 30.4 Å². The van der Waals surface area contributed by atoms with E-state index < -0.39 is 17.8 Å². The maximum Gasteiger partial charge on any atom is 0.310 e. The molecule has 0 saturated heterocycles. The fraction of sp³-hybridized carbons (Fsp3) is 0.500. The topological polar surface area (TPSA) is 69.7 Å². The predicted molar refractivity (Wildman–Crippen MR) is 97.7 cm³/mol. The largest absolute Gasteiger partial charge is 0.463 e. The summed E-state index contributed by atoms with van der Waals surface area (Å²) in [5.41, 5.74) is 0.508. The Kier molecular flexibility index (Phi) is 4.62. The van der Waals surface area contributed by atoms with Crippen LogP contribution in [0.25, 0.3) is 0 Å². The zero-order chi connectivity index (χ0) is 19.1. The first-order valence-corrected chi connectivity index (χ1v) is 9.61. The quantitative estimate of drug-likeness (QED) is 0.438. The van der Waals surface area contributed by atoms with E-state index in [4.69, 9.17) is 9.47 Å². The Morgan fingerprint density at radius 2 is 1.56 bits per heavy atom. The summed E-state index contributed by atoms with van der Waals surface area (Å²) in [6.45, 7) is 3.31. The van der Waals surface area contributed by atoms with Crippen molar-refractivity contribution in [2.45, 2.75) is 26.4 Å². The van der Waals surface area contributed by atoms with Gasteiger partial charge in [-0.3, -0.25) is 14.4 Å². The van der Waals surface area contributed by atoms with Crippen LogP contribution in [0.3, 0.4) is 0 Å². The van der Waals surface area contributed by atoms with Gasteiger partial charge in [0.2, 0.25) is 0 Å². The van der Waals surface area contributed by atoms with Gasteiger partial charge in [0.1, 0.15) is 0 Å². The number of Topliss-reactive ketones (excluding diaryl/α,β-unsaturated/α-hetero) is 1. The molecule has 27 heavy (non-hydrogen) atoms. The van der Waals surface area contributed by atoms with E-state index in [-0.39, 0.29) is 36.3 Å². The molecule has 5 rings (SSSR count). The van der Waals surface area contributed by atoms with Gasteiger partial charge < -0.3 is 9.47 Å². The summed E-state index contributed by atoms with van der Waals surface area (Å²) < 4.78 is 10.8. The SMILES string of the molecule is CC(C)OC(=O)[C@H]1[C@H]2C=C[C@@H]([C@@H]3C[C@H]23)[C@@H]1C(=O)OCC(=O)c1ccccc1. The fourth-order valence-electron chi connectivity index (χ4n) is 4.77. The van der Waals surface area contributed by atoms with Gasteiger partial charge in [0, 0.05) is 5.56 Å². The van der Waals surface area contributed by atoms with E-state index in [1.54, 1.807) is 38.1 Å². The Morgan fingerprint density at radius 1 is 0.963 bits per heavy atom. The lowest BCUT2D eigenvalue weighted by Crippen LogP contribution is -2.48. The van der Waals surface area contributed by atoms with E-state index >= 15 is 0 Å². The molecule has 2 saturated carbocycles. The number of ketones is 1. The molecule has 0 aromatic heterocycles. The van der Waals surface area contributed by atoms with E-state index in [2.05, 4.69) is 12.2 Å². The van der Waals surface area contributed by atoms with Gasteiger partial charge in [-0.05, 0) is 43.9 Å². The summed E-state index contributed by atoms with van der Waals surface area (Å²) in [4.78, 5) is 37.8. The molecule has 1 aromatic carbocycles. The van der Waals surface area contributed by atoms with Crippen LogP contribution in [0.4, 0.5) is 0 Å². The number of carbonyl (C=O) groups excluding carboxylic acids is 3. The average molecular weight is 368 g/mol. The first-order chi connectivity index (χ1) is 13.0. The van der Waals surface area contributed by atoms with E-state index in [1.807, 2.05) is 6.07 Å². The van der Waals surface area contributed by atoms with Gasteiger partial charge in [-0.2, -0.15) is 0 Å². The molecule has 0 unspecified atom stereocenters. The van der Waals surface area contributed by atoms with Crippen LogP contribution in [0.5, 0.6) is 0 Å². The minimum absolute atomic E-state index is 0.00374. The Morgan fingerprint density at radius 3 is 2.15 bits per heavy atom. The highest BCUT2D eigenvalue weighted by Gasteiger charge is 2.63. The lowest BCUT2D eigenvalue weighted by molar-refractivity contribution is -0.169. The molecule has 0 amide bonds. The number of hydrogen-bond acceptors (Lipinski definition) is 5. The average Bonchev–Trinajstić information content (AvgIpc) is 3.48. The minimum Gasteiger partial charge on any atom is -0.463 e. The summed E-state index contributed by atoms with van der Waals surface area (Å²) in [6, 6.07) is 8.75. The van der Waals surface area contributed by atoms with Gasteiger partial charge >= 0.3 is 11.9 Å². The summed E-state index contributed by atoms with van der Waals surface area (Å²) in [7, 11) is 0. The molecule has 6 atom stereocenters. The minimum atomic E-state index is -0.557. The van der Waals surface area contributed by atoms with Crippen molar-refractivity contribution in [3.8, 4) is 0 Å². The third-order valence-corrected chi connectivity index (χ3v) is 5.99. The fourth-order valence-corrected chi connectivity index (χ4v) is 4.77. The Bertz CT molecular complexity index is 781. The molecule has 2 fully saturated rings. The van der Waals surface area contributed by atoms with Gasteiger partial charge in [0.05, 0.1) is 17.9 Å². The standard InChI is InChI=1S/C22H24O5/c1-12(2)27-22(25)20-15-9-8-14(16-10-17(15)16)19(20)21(24)26-11-18(23)13-6-4-3-5-7-13/h3-9,12,14-17,19-20H,10-11H2,1-2H3/t14-,15-,16-,17+,19-,20-/m0/s1. The van der Waals surface area contributed by atoms with Gasteiger partial charge in [-0.1, -0.05) is 42.5 Å². The van der Waals surface area contributed by atoms with Crippen molar-refractivity contribution in [1.29, 1.82) is 0 Å². The summed E-state index contributed by atoms with van der Waals surface area (Å²) in [6.07, 6.45) is 4.95. The molecule has 142 valence electrons. The third kappa shape index (κ3) is 3.31. The van der Waals surface area contributed by atoms with Crippen molar-refractivity contribution < 1.29 is 23.9 Å². The zero-order valence-electron chi connectivity index (χ0n) is 15.5. The van der Waals surface area contributed by atoms with Crippen LogP contribution in [0.15, 0.2) is 42.5 Å². The van der Waals surface area contributed by atoms with Crippen LogP contribution in [0.1, 0.15) is 30.6 Å². The lowest BCUT2D eigenvalue weighted by atomic mass is 9.62. The molecule has 0 spiro atoms. The maximum atomic E-state index is 12.9. The Labute approximate surface area is 158 Å². The van der Waals surface area contributed by atoms with Crippen LogP contribution in [0, 0.1) is 35.5 Å². The van der Waals surface area contributed by atoms with E-state index in [0.29, 0.717) is 17.4 Å². The van der Waals surface area contributed by atoms with E-state index in [9.17, 15) is 14.4 Å². The second kappa shape index (κ2) is 6.95. The maximum absolute atomic E-state index is 12.9. The normalized spacial score (nSPS) is 32.7. The van der Waals surface area contributed by atoms with Crippen LogP contribution < -0.4 is 0 Å². The first kappa shape index (κ1) is 18.0. The van der Waals surface area contributed by atoms with E-state index in [1.165, 1.54) is 0 Å². The number of fused-ring (bicyclic) bond motifs is 1. The van der Waals surface area contributed by atoms with Gasteiger partial charge in [0.15, 0.2) is 12.4 Å². The highest BCUT2D eigenvalue weighted by Crippen LogP contribution is 2.63. The molecule has 4 aliphatic rings. The molecule has 0 heterocycles. The van der Waals surface area contributed by atoms with Crippen molar-refractivity contribution in [1.82, 2.24) is 0 Å². The first-order valence-electron chi connectivity index (χ1n) is 9.61. The summed E-state index contributed by atoms with van der Waals surface area (Å²) in [5.74, 6) is -1.14. The Balaban J connectivity index is 1.48. The highest BCUT2D eigenvalue weighted by molar-refractivity contribution is 5.98. The molecule has 4 aliphatic carbocycles. The number of ether oxygens (including phenoxy) is 2. The van der Waals surface area contributed by atoms with Gasteiger partial charge in [0.25, 0.3) is 0 Å². The molecule has 0 N–H and O–H groups in total. The predicted octanol–water partition coefficient (Wildman–Crippen LogP) is 3.05. The number of esters is 2. The van der Waals surface area contributed by atoms with Crippen molar-refractivity contribution in [2.75, 3.05) is 6.61 Å². The van der Waals surface area contributed by atoms with Crippen LogP contribution in [0.2, 0.25) is 0 Å². The molecule has 1 aromatic rings. The molecule has 2 bridgehead atoms. The molecule has 0 aliphatic heterocycles. The third-order valence-electron chi connectivity index (χ3n) is 5.99. The van der Waals surface area contributed by atoms with Crippen LogP contribution >= 0.6 is 0 Å².